The van der Waals surface area contributed by atoms with E-state index in [-0.39, 0.29) is 29.7 Å². The second-order valence-corrected chi connectivity index (χ2v) is 22.7. The molecule has 0 saturated carbocycles. The van der Waals surface area contributed by atoms with Crippen molar-refractivity contribution in [2.45, 2.75) is 249 Å². The standard InChI is InChI=1S/4C19H17N2.12C2H6.4CH4/c1-13-8-9-14-15-6-5-10-20-17(15)12-16(14)19(13)18-7-3-4-11-21(18)2;1-13-8-9-14-12-16-15(6-5-10-20-16)19(14)18(13)17-7-3-4-11-21(17)2;1-13-10-17-14(12-18-15(17)6-5-8-20-18)11-16(13)19-7-3-4-9-21(19)2;1-13-10-14-11-18-15(6-5-8-20-18)17(14)12-16(13)19-7-3-4-9-21(19)2;12*1-2;;;;/h3*3-11H,12H2,1-2H3;3-10,12H,11H2,1-2H3;12*1-2H3;4*1H4/q4*+1;;;;;;;;;;;;;;;;. The Morgan fingerprint density at radius 3 is 0.938 bits per heavy atom. The molecule has 8 aromatic heterocycles. The number of pyridine rings is 8. The van der Waals surface area contributed by atoms with Crippen LogP contribution in [-0.2, 0) is 53.9 Å². The van der Waals surface area contributed by atoms with Crippen molar-refractivity contribution < 1.29 is 18.3 Å². The van der Waals surface area contributed by atoms with Crippen LogP contribution in [0.1, 0.15) is 263 Å². The number of aromatic nitrogens is 8. The zero-order valence-electron chi connectivity index (χ0n) is 73.2. The van der Waals surface area contributed by atoms with E-state index in [1.54, 1.807) is 0 Å². The first-order valence-electron chi connectivity index (χ1n) is 41.1. The largest absolute Gasteiger partial charge is 0.260 e. The van der Waals surface area contributed by atoms with Gasteiger partial charge in [-0.2, -0.15) is 0 Å². The molecule has 0 amide bonds. The van der Waals surface area contributed by atoms with E-state index in [1.807, 2.05) is 215 Å². The van der Waals surface area contributed by atoms with Crippen molar-refractivity contribution in [3.8, 4) is 89.5 Å². The van der Waals surface area contributed by atoms with Crippen LogP contribution >= 0.6 is 0 Å². The molecule has 608 valence electrons. The Morgan fingerprint density at radius 1 is 0.223 bits per heavy atom. The van der Waals surface area contributed by atoms with Crippen molar-refractivity contribution in [3.05, 3.63) is 287 Å². The van der Waals surface area contributed by atoms with Gasteiger partial charge in [0, 0.05) is 138 Å². The summed E-state index contributed by atoms with van der Waals surface area (Å²) in [7, 11) is 8.40. The Bertz CT molecular complexity index is 4550. The van der Waals surface area contributed by atoms with Crippen molar-refractivity contribution in [2.24, 2.45) is 28.2 Å². The molecule has 16 rings (SSSR count). The molecular formula is C104H156N8+4. The molecular weight excluding hydrogens is 1360 g/mol. The number of hydrogen-bond donors (Lipinski definition) is 0. The molecule has 4 aliphatic rings. The smallest absolute Gasteiger partial charge is 0.213 e. The first-order valence-corrected chi connectivity index (χ1v) is 41.1. The van der Waals surface area contributed by atoms with Crippen LogP contribution in [0.25, 0.3) is 89.5 Å². The predicted molar refractivity (Wildman–Crippen MR) is 498 cm³/mol. The lowest BCUT2D eigenvalue weighted by atomic mass is 9.93. The lowest BCUT2D eigenvalue weighted by molar-refractivity contribution is -0.660. The fraction of sp³-hybridized carbons (Fsp3) is 0.385. The molecule has 12 aromatic rings. The Morgan fingerprint density at radius 2 is 0.527 bits per heavy atom. The van der Waals surface area contributed by atoms with Gasteiger partial charge in [0.05, 0.1) is 33.9 Å². The second-order valence-electron chi connectivity index (χ2n) is 22.7. The van der Waals surface area contributed by atoms with Gasteiger partial charge < -0.3 is 0 Å². The number of rotatable bonds is 4. The van der Waals surface area contributed by atoms with E-state index in [1.165, 1.54) is 157 Å². The van der Waals surface area contributed by atoms with Crippen molar-refractivity contribution in [3.63, 3.8) is 0 Å². The summed E-state index contributed by atoms with van der Waals surface area (Å²) in [6.07, 6.45) is 19.7. The number of hydrogen-bond acceptors (Lipinski definition) is 4. The van der Waals surface area contributed by atoms with Crippen LogP contribution in [0.2, 0.25) is 0 Å². The molecule has 8 heterocycles. The van der Waals surface area contributed by atoms with Crippen molar-refractivity contribution in [2.75, 3.05) is 0 Å². The fourth-order valence-electron chi connectivity index (χ4n) is 13.1. The highest BCUT2D eigenvalue weighted by molar-refractivity contribution is 5.90. The van der Waals surface area contributed by atoms with E-state index in [9.17, 15) is 0 Å². The van der Waals surface area contributed by atoms with E-state index in [0.717, 1.165) is 25.7 Å². The van der Waals surface area contributed by atoms with Gasteiger partial charge in [0.15, 0.2) is 24.8 Å². The van der Waals surface area contributed by atoms with E-state index in [2.05, 4.69) is 264 Å². The Kier molecular flexibility index (Phi) is 57.9. The van der Waals surface area contributed by atoms with Crippen LogP contribution in [0, 0.1) is 27.7 Å². The number of fused-ring (bicyclic) bond motifs is 12. The SMILES string of the molecule is C.C.C.C.CC.CC.CC.CC.CC.CC.CC.CC.CC.CC.CC.CC.Cc1cc2c(cc1-c1cccc[n+]1C)-c1cccnc1C2.Cc1cc2c(cc1-c1cccc[n+]1C)Cc1ncccc1-2.Cc1ccc2c(c1-c1cccc[n+]1C)-c1cccnc1C2.Cc1ccc2c(c1-c1cccc[n+]1C)Cc1ncccc1-2. The molecule has 0 aliphatic heterocycles. The van der Waals surface area contributed by atoms with Crippen LogP contribution in [0.3, 0.4) is 0 Å². The maximum absolute atomic E-state index is 4.55. The normalized spacial score (nSPS) is 9.71. The highest BCUT2D eigenvalue weighted by Crippen LogP contribution is 2.45. The number of nitrogens with zero attached hydrogens (tertiary/aromatic N) is 8. The molecule has 0 spiro atoms. The average molecular weight is 1520 g/mol. The van der Waals surface area contributed by atoms with Crippen LogP contribution < -0.4 is 18.3 Å². The van der Waals surface area contributed by atoms with Crippen LogP contribution in [-0.4, -0.2) is 19.9 Å². The molecule has 8 nitrogen and oxygen atoms in total. The van der Waals surface area contributed by atoms with Gasteiger partial charge >= 0.3 is 0 Å². The van der Waals surface area contributed by atoms with Gasteiger partial charge in [-0.15, -0.1) is 0 Å². The van der Waals surface area contributed by atoms with Gasteiger partial charge in [0.25, 0.3) is 0 Å². The Balaban J connectivity index is -0.000000629. The summed E-state index contributed by atoms with van der Waals surface area (Å²) in [6.45, 7) is 56.8. The predicted octanol–water partition coefficient (Wildman–Crippen LogP) is 28.7. The van der Waals surface area contributed by atoms with Crippen LogP contribution in [0.5, 0.6) is 0 Å². The lowest BCUT2D eigenvalue weighted by Gasteiger charge is -2.11. The summed E-state index contributed by atoms with van der Waals surface area (Å²) in [5.41, 5.74) is 36.5. The van der Waals surface area contributed by atoms with E-state index in [4.69, 9.17) is 0 Å². The van der Waals surface area contributed by atoms with E-state index >= 15 is 0 Å². The monoisotopic (exact) mass is 1520 g/mol. The minimum Gasteiger partial charge on any atom is -0.260 e. The number of benzene rings is 4. The zero-order chi connectivity index (χ0) is 81.6. The minimum atomic E-state index is 0. The zero-order valence-corrected chi connectivity index (χ0v) is 73.2. The molecule has 8 heteroatoms. The summed E-state index contributed by atoms with van der Waals surface area (Å²) >= 11 is 0. The lowest BCUT2D eigenvalue weighted by Crippen LogP contribution is -2.30. The maximum atomic E-state index is 4.55. The molecule has 0 bridgehead atoms. The van der Waals surface area contributed by atoms with Crippen LogP contribution in [0.15, 0.2) is 219 Å². The Hall–Kier alpha value is -9.92. The third-order valence-electron chi connectivity index (χ3n) is 17.3. The molecule has 112 heavy (non-hydrogen) atoms. The van der Waals surface area contributed by atoms with Gasteiger partial charge in [-0.05, 0) is 150 Å². The van der Waals surface area contributed by atoms with Crippen molar-refractivity contribution in [1.29, 1.82) is 0 Å². The quantitative estimate of drug-likeness (QED) is 0.165. The molecule has 0 N–H and O–H groups in total. The highest BCUT2D eigenvalue weighted by Gasteiger charge is 2.30. The highest BCUT2D eigenvalue weighted by atomic mass is 14.9. The summed E-state index contributed by atoms with van der Waals surface area (Å²) in [4.78, 5) is 18.1. The number of aryl methyl sites for hydroxylation is 8. The van der Waals surface area contributed by atoms with Crippen LogP contribution in [0.4, 0.5) is 0 Å². The van der Waals surface area contributed by atoms with Gasteiger partial charge in [-0.1, -0.05) is 257 Å². The summed E-state index contributed by atoms with van der Waals surface area (Å²) in [5, 5.41) is 0. The summed E-state index contributed by atoms with van der Waals surface area (Å²) < 4.78 is 8.74. The molecule has 0 atom stereocenters. The van der Waals surface area contributed by atoms with E-state index < -0.39 is 0 Å². The van der Waals surface area contributed by atoms with Crippen molar-refractivity contribution in [1.82, 2.24) is 19.9 Å². The van der Waals surface area contributed by atoms with E-state index in [0.29, 0.717) is 0 Å². The fourth-order valence-corrected chi connectivity index (χ4v) is 13.1. The third kappa shape index (κ3) is 26.6. The van der Waals surface area contributed by atoms with Gasteiger partial charge in [0.1, 0.15) is 28.2 Å². The summed E-state index contributed by atoms with van der Waals surface area (Å²) in [5.74, 6) is 0. The first-order chi connectivity index (χ1) is 53.0. The maximum Gasteiger partial charge on any atom is 0.213 e. The molecule has 0 radical (unpaired) electrons. The topological polar surface area (TPSA) is 67.1 Å². The third-order valence-corrected chi connectivity index (χ3v) is 17.3. The minimum absolute atomic E-state index is 0. The second kappa shape index (κ2) is 59.8. The first kappa shape index (κ1) is 108. The van der Waals surface area contributed by atoms with Crippen molar-refractivity contribution >= 4 is 0 Å². The van der Waals surface area contributed by atoms with Gasteiger partial charge in [0.2, 0.25) is 22.8 Å². The average Bonchev–Trinajstić information content (AvgIpc) is 1.59. The molecule has 0 saturated heterocycles. The molecule has 4 aromatic carbocycles. The molecule has 4 aliphatic carbocycles. The Labute approximate surface area is 687 Å². The van der Waals surface area contributed by atoms with Gasteiger partial charge in [-0.3, -0.25) is 19.9 Å². The summed E-state index contributed by atoms with van der Waals surface area (Å²) in [6, 6.07) is 60.5. The molecule has 0 unspecified atom stereocenters. The molecule has 0 fully saturated rings. The van der Waals surface area contributed by atoms with Gasteiger partial charge in [-0.25, -0.2) is 18.3 Å².